The minimum absolute atomic E-state index is 0.175. The molecule has 0 aliphatic rings. The number of benzene rings is 8. The fourth-order valence-corrected chi connectivity index (χ4v) is 7.78. The molecular formula is C50H31F4N5. The maximum absolute atomic E-state index is 14.7. The molecular weight excluding hydrogens is 747 g/mol. The molecule has 0 saturated carbocycles. The lowest BCUT2D eigenvalue weighted by molar-refractivity contribution is 0.416. The van der Waals surface area contributed by atoms with Gasteiger partial charge < -0.3 is 14.4 Å². The van der Waals surface area contributed by atoms with Crippen molar-refractivity contribution in [2.75, 3.05) is 9.80 Å². The summed E-state index contributed by atoms with van der Waals surface area (Å²) in [6, 6.07) is 61.4. The number of para-hydroxylation sites is 4. The summed E-state index contributed by atoms with van der Waals surface area (Å²) in [4.78, 5) is 12.5. The summed E-state index contributed by atoms with van der Waals surface area (Å²) < 4.78 is 59.4. The van der Waals surface area contributed by atoms with Gasteiger partial charge in [0.25, 0.3) is 0 Å². The molecule has 0 aliphatic carbocycles. The van der Waals surface area contributed by atoms with Gasteiger partial charge in [0.15, 0.2) is 23.3 Å². The Bertz CT molecular complexity index is 2920. The van der Waals surface area contributed by atoms with Gasteiger partial charge in [-0.25, -0.2) is 27.5 Å². The van der Waals surface area contributed by atoms with Crippen LogP contribution < -0.4 is 9.80 Å². The first kappa shape index (κ1) is 35.6. The van der Waals surface area contributed by atoms with Crippen molar-refractivity contribution in [1.29, 1.82) is 0 Å². The van der Waals surface area contributed by atoms with Crippen LogP contribution in [0.4, 0.5) is 51.7 Å². The first-order chi connectivity index (χ1) is 28.9. The van der Waals surface area contributed by atoms with Crippen LogP contribution in [0.5, 0.6) is 0 Å². The zero-order chi connectivity index (χ0) is 40.0. The molecule has 0 spiro atoms. The topological polar surface area (TPSA) is 37.2 Å². The average molecular weight is 778 g/mol. The van der Waals surface area contributed by atoms with Crippen LogP contribution in [-0.2, 0) is 0 Å². The van der Waals surface area contributed by atoms with E-state index >= 15 is 0 Å². The lowest BCUT2D eigenvalue weighted by Gasteiger charge is -2.26. The molecule has 0 N–H and O–H groups in total. The molecule has 284 valence electrons. The molecule has 2 heterocycles. The highest BCUT2D eigenvalue weighted by Gasteiger charge is 2.24. The summed E-state index contributed by atoms with van der Waals surface area (Å²) >= 11 is 0. The highest BCUT2D eigenvalue weighted by Crippen LogP contribution is 2.43. The molecule has 10 rings (SSSR count). The van der Waals surface area contributed by atoms with E-state index in [1.165, 1.54) is 6.20 Å². The quantitative estimate of drug-likeness (QED) is 0.0875. The van der Waals surface area contributed by atoms with Gasteiger partial charge in [-0.3, -0.25) is 0 Å². The van der Waals surface area contributed by atoms with Gasteiger partial charge in [0.05, 0.1) is 22.9 Å². The van der Waals surface area contributed by atoms with Crippen LogP contribution in [0.1, 0.15) is 0 Å². The van der Waals surface area contributed by atoms with E-state index in [4.69, 9.17) is 0 Å². The van der Waals surface area contributed by atoms with Crippen LogP contribution in [0.3, 0.4) is 0 Å². The molecule has 0 radical (unpaired) electrons. The van der Waals surface area contributed by atoms with E-state index in [-0.39, 0.29) is 5.69 Å². The molecule has 0 aliphatic heterocycles. The second-order valence-corrected chi connectivity index (χ2v) is 14.0. The maximum atomic E-state index is 14.7. The van der Waals surface area contributed by atoms with Gasteiger partial charge in [-0.05, 0) is 97.1 Å². The van der Waals surface area contributed by atoms with Crippen molar-refractivity contribution < 1.29 is 17.6 Å². The fourth-order valence-electron chi connectivity index (χ4n) is 7.78. The molecule has 0 atom stereocenters. The molecule has 0 fully saturated rings. The minimum atomic E-state index is -1.93. The summed E-state index contributed by atoms with van der Waals surface area (Å²) in [5.41, 5.74) is 8.12. The fraction of sp³-hybridized carbons (Fsp3) is 0. The van der Waals surface area contributed by atoms with Crippen LogP contribution in [0, 0.1) is 23.3 Å². The van der Waals surface area contributed by atoms with Crippen molar-refractivity contribution in [3.63, 3.8) is 0 Å². The van der Waals surface area contributed by atoms with E-state index in [0.717, 1.165) is 61.6 Å². The Morgan fingerprint density at radius 1 is 0.390 bits per heavy atom. The van der Waals surface area contributed by atoms with Gasteiger partial charge in [0.1, 0.15) is 11.0 Å². The minimum Gasteiger partial charge on any atom is -0.310 e. The monoisotopic (exact) mass is 777 g/mol. The first-order valence-electron chi connectivity index (χ1n) is 18.9. The summed E-state index contributed by atoms with van der Waals surface area (Å²) in [6.07, 6.45) is 1.22. The standard InChI is InChI=1S/C50H31F4N5/c51-45-46(52)48(54)50-49(47(45)53)55-31-42(56-50)32-21-23-37(24-22-32)59-43-27-25-38(57(33-13-5-1-6-14-33)34-15-7-2-8-16-34)29-40(43)41-30-39(26-28-44(41)59)58(35-17-9-3-10-18-35)36-19-11-4-12-20-36/h1-31H. The Kier molecular flexibility index (Phi) is 8.83. The normalized spacial score (nSPS) is 11.4. The van der Waals surface area contributed by atoms with Crippen molar-refractivity contribution in [2.45, 2.75) is 0 Å². The van der Waals surface area contributed by atoms with Crippen LogP contribution in [0.2, 0.25) is 0 Å². The Morgan fingerprint density at radius 3 is 1.22 bits per heavy atom. The van der Waals surface area contributed by atoms with Gasteiger partial charge in [-0.15, -0.1) is 0 Å². The molecule has 8 aromatic carbocycles. The van der Waals surface area contributed by atoms with E-state index in [1.807, 2.05) is 84.9 Å². The summed E-state index contributed by atoms with van der Waals surface area (Å²) in [6.45, 7) is 0. The molecule has 0 bridgehead atoms. The second kappa shape index (κ2) is 14.6. The van der Waals surface area contributed by atoms with Crippen molar-refractivity contribution in [3.05, 3.63) is 211 Å². The van der Waals surface area contributed by atoms with Gasteiger partial charge in [-0.2, -0.15) is 0 Å². The third-order valence-corrected chi connectivity index (χ3v) is 10.5. The number of hydrogen-bond donors (Lipinski definition) is 0. The first-order valence-corrected chi connectivity index (χ1v) is 18.9. The third-order valence-electron chi connectivity index (χ3n) is 10.5. The summed E-state index contributed by atoms with van der Waals surface area (Å²) in [5.74, 6) is -7.03. The number of rotatable bonds is 8. The summed E-state index contributed by atoms with van der Waals surface area (Å²) in [5, 5.41) is 2.04. The zero-order valence-electron chi connectivity index (χ0n) is 31.1. The average Bonchev–Trinajstić information content (AvgIpc) is 3.62. The third kappa shape index (κ3) is 6.20. The number of hydrogen-bond acceptors (Lipinski definition) is 4. The predicted molar refractivity (Wildman–Crippen MR) is 229 cm³/mol. The molecule has 0 saturated heterocycles. The van der Waals surface area contributed by atoms with E-state index < -0.39 is 34.3 Å². The maximum Gasteiger partial charge on any atom is 0.199 e. The van der Waals surface area contributed by atoms with Crippen molar-refractivity contribution >= 4 is 67.0 Å². The Labute approximate surface area is 336 Å². The Hall–Kier alpha value is -7.78. The molecule has 5 nitrogen and oxygen atoms in total. The molecule has 0 unspecified atom stereocenters. The SMILES string of the molecule is Fc1c(F)c(F)c2nc(-c3ccc(-n4c5ccc(N(c6ccccc6)c6ccccc6)cc5c5cc(N(c6ccccc6)c6ccccc6)ccc54)cc3)cnc2c1F. The van der Waals surface area contributed by atoms with Gasteiger partial charge in [-0.1, -0.05) is 84.9 Å². The Balaban J connectivity index is 1.16. The van der Waals surface area contributed by atoms with Gasteiger partial charge >= 0.3 is 0 Å². The smallest absolute Gasteiger partial charge is 0.199 e. The van der Waals surface area contributed by atoms with Crippen LogP contribution in [-0.4, -0.2) is 14.5 Å². The molecule has 59 heavy (non-hydrogen) atoms. The number of halogens is 4. The molecule has 9 heteroatoms. The van der Waals surface area contributed by atoms with Gasteiger partial charge in [0, 0.05) is 56.1 Å². The van der Waals surface area contributed by atoms with E-state index in [0.29, 0.717) is 5.56 Å². The number of aromatic nitrogens is 3. The van der Waals surface area contributed by atoms with Crippen molar-refractivity contribution in [3.8, 4) is 16.9 Å². The number of fused-ring (bicyclic) bond motifs is 4. The van der Waals surface area contributed by atoms with Crippen LogP contribution in [0.25, 0.3) is 49.8 Å². The van der Waals surface area contributed by atoms with Crippen molar-refractivity contribution in [1.82, 2.24) is 14.5 Å². The van der Waals surface area contributed by atoms with E-state index in [2.05, 4.69) is 109 Å². The largest absolute Gasteiger partial charge is 0.310 e. The number of anilines is 6. The van der Waals surface area contributed by atoms with E-state index in [1.54, 1.807) is 12.1 Å². The zero-order valence-corrected chi connectivity index (χ0v) is 31.1. The van der Waals surface area contributed by atoms with Crippen LogP contribution >= 0.6 is 0 Å². The van der Waals surface area contributed by atoms with E-state index in [9.17, 15) is 17.6 Å². The van der Waals surface area contributed by atoms with Crippen molar-refractivity contribution in [2.24, 2.45) is 0 Å². The highest BCUT2D eigenvalue weighted by atomic mass is 19.2. The lowest BCUT2D eigenvalue weighted by atomic mass is 10.1. The lowest BCUT2D eigenvalue weighted by Crippen LogP contribution is -2.09. The predicted octanol–water partition coefficient (Wildman–Crippen LogP) is 13.9. The molecule has 2 aromatic heterocycles. The summed E-state index contributed by atoms with van der Waals surface area (Å²) in [7, 11) is 0. The number of nitrogens with zero attached hydrogens (tertiary/aromatic N) is 5. The highest BCUT2D eigenvalue weighted by molar-refractivity contribution is 6.12. The van der Waals surface area contributed by atoms with Crippen LogP contribution in [0.15, 0.2) is 188 Å². The molecule has 0 amide bonds. The molecule has 10 aromatic rings. The second-order valence-electron chi connectivity index (χ2n) is 14.0. The Morgan fingerprint density at radius 2 is 0.797 bits per heavy atom. The van der Waals surface area contributed by atoms with Gasteiger partial charge in [0.2, 0.25) is 0 Å².